The van der Waals surface area contributed by atoms with E-state index >= 15 is 0 Å². The minimum Gasteiger partial charge on any atom is -0.488 e. The molecular weight excluding hydrogens is 308 g/mol. The summed E-state index contributed by atoms with van der Waals surface area (Å²) in [5.41, 5.74) is 0. The lowest BCUT2D eigenvalue weighted by molar-refractivity contribution is 0.216. The summed E-state index contributed by atoms with van der Waals surface area (Å²) in [6.07, 6.45) is 0. The number of benzene rings is 1. The van der Waals surface area contributed by atoms with Crippen LogP contribution < -0.4 is 4.74 Å². The van der Waals surface area contributed by atoms with Crippen LogP contribution in [0.3, 0.4) is 0 Å². The standard InChI is InChI=1S/C12H16BrClFNO/c1-3-16(4-2)5-6-17-12-10(13)7-9(14)8-11(12)15/h7-8H,3-6H2,1-2H3. The lowest BCUT2D eigenvalue weighted by atomic mass is 10.3. The lowest BCUT2D eigenvalue weighted by Crippen LogP contribution is -2.28. The first-order chi connectivity index (χ1) is 8.08. The molecule has 1 aromatic rings. The predicted molar refractivity (Wildman–Crippen MR) is 72.4 cm³/mol. The Kier molecular flexibility index (Phi) is 6.23. The third-order valence-electron chi connectivity index (χ3n) is 2.51. The Hall–Kier alpha value is -0.320. The topological polar surface area (TPSA) is 12.5 Å². The van der Waals surface area contributed by atoms with Crippen LogP contribution >= 0.6 is 27.5 Å². The third-order valence-corrected chi connectivity index (χ3v) is 3.32. The second kappa shape index (κ2) is 7.19. The van der Waals surface area contributed by atoms with Gasteiger partial charge in [-0.3, -0.25) is 0 Å². The van der Waals surface area contributed by atoms with E-state index in [1.165, 1.54) is 6.07 Å². The quantitative estimate of drug-likeness (QED) is 0.785. The van der Waals surface area contributed by atoms with Crippen molar-refractivity contribution in [2.45, 2.75) is 13.8 Å². The van der Waals surface area contributed by atoms with Crippen LogP contribution in [0.4, 0.5) is 4.39 Å². The first-order valence-electron chi connectivity index (χ1n) is 5.58. The molecule has 1 rings (SSSR count). The molecule has 0 radical (unpaired) electrons. The normalized spacial score (nSPS) is 10.9. The molecule has 17 heavy (non-hydrogen) atoms. The number of likely N-dealkylation sites (N-methyl/N-ethyl adjacent to an activating group) is 1. The molecule has 0 spiro atoms. The third kappa shape index (κ3) is 4.45. The van der Waals surface area contributed by atoms with E-state index in [1.807, 2.05) is 0 Å². The van der Waals surface area contributed by atoms with Gasteiger partial charge >= 0.3 is 0 Å². The molecule has 0 saturated carbocycles. The molecule has 96 valence electrons. The Morgan fingerprint density at radius 1 is 1.35 bits per heavy atom. The smallest absolute Gasteiger partial charge is 0.169 e. The van der Waals surface area contributed by atoms with Crippen molar-refractivity contribution in [3.63, 3.8) is 0 Å². The van der Waals surface area contributed by atoms with Crippen LogP contribution in [0.2, 0.25) is 5.02 Å². The van der Waals surface area contributed by atoms with Gasteiger partial charge in [0.25, 0.3) is 0 Å². The highest BCUT2D eigenvalue weighted by Crippen LogP contribution is 2.31. The molecule has 0 bridgehead atoms. The monoisotopic (exact) mass is 323 g/mol. The number of rotatable bonds is 6. The van der Waals surface area contributed by atoms with Crippen LogP contribution in [0.15, 0.2) is 16.6 Å². The summed E-state index contributed by atoms with van der Waals surface area (Å²) < 4.78 is 19.5. The van der Waals surface area contributed by atoms with Crippen molar-refractivity contribution in [1.29, 1.82) is 0 Å². The first-order valence-corrected chi connectivity index (χ1v) is 6.75. The predicted octanol–water partition coefficient (Wildman–Crippen LogP) is 3.96. The van der Waals surface area contributed by atoms with Crippen molar-refractivity contribution in [2.24, 2.45) is 0 Å². The molecule has 0 fully saturated rings. The summed E-state index contributed by atoms with van der Waals surface area (Å²) in [6.45, 7) is 7.33. The lowest BCUT2D eigenvalue weighted by Gasteiger charge is -2.18. The Bertz CT molecular complexity index is 349. The number of nitrogens with zero attached hydrogens (tertiary/aromatic N) is 1. The van der Waals surface area contributed by atoms with E-state index < -0.39 is 5.82 Å². The summed E-state index contributed by atoms with van der Waals surface area (Å²) in [5.74, 6) is -0.217. The second-order valence-electron chi connectivity index (χ2n) is 3.57. The first kappa shape index (κ1) is 14.7. The van der Waals surface area contributed by atoms with Crippen molar-refractivity contribution < 1.29 is 9.13 Å². The minimum atomic E-state index is -0.441. The van der Waals surface area contributed by atoms with E-state index in [0.717, 1.165) is 19.6 Å². The molecule has 0 N–H and O–H groups in total. The molecular formula is C12H16BrClFNO. The zero-order valence-corrected chi connectivity index (χ0v) is 12.3. The molecule has 0 aromatic heterocycles. The van der Waals surface area contributed by atoms with E-state index in [4.69, 9.17) is 16.3 Å². The zero-order valence-electron chi connectivity index (χ0n) is 9.97. The van der Waals surface area contributed by atoms with E-state index in [2.05, 4.69) is 34.7 Å². The number of ether oxygens (including phenoxy) is 1. The van der Waals surface area contributed by atoms with E-state index in [1.54, 1.807) is 6.07 Å². The van der Waals surface area contributed by atoms with Crippen LogP contribution in [0, 0.1) is 5.82 Å². The Morgan fingerprint density at radius 3 is 2.53 bits per heavy atom. The van der Waals surface area contributed by atoms with E-state index in [0.29, 0.717) is 16.1 Å². The zero-order chi connectivity index (χ0) is 12.8. The molecule has 0 amide bonds. The Labute approximate surface area is 115 Å². The number of halogens is 3. The Balaban J connectivity index is 2.58. The molecule has 5 heteroatoms. The van der Waals surface area contributed by atoms with Gasteiger partial charge in [-0.1, -0.05) is 25.4 Å². The van der Waals surface area contributed by atoms with Gasteiger partial charge in [0.05, 0.1) is 4.47 Å². The molecule has 0 aliphatic rings. The Morgan fingerprint density at radius 2 is 2.00 bits per heavy atom. The fourth-order valence-electron chi connectivity index (χ4n) is 1.48. The number of hydrogen-bond donors (Lipinski definition) is 0. The van der Waals surface area contributed by atoms with Crippen LogP contribution in [-0.4, -0.2) is 31.1 Å². The molecule has 0 saturated heterocycles. The molecule has 0 aliphatic heterocycles. The van der Waals surface area contributed by atoms with Gasteiger partial charge in [0.15, 0.2) is 11.6 Å². The van der Waals surface area contributed by atoms with E-state index in [9.17, 15) is 4.39 Å². The minimum absolute atomic E-state index is 0.224. The van der Waals surface area contributed by atoms with Gasteiger partial charge in [-0.05, 0) is 41.2 Å². The highest BCUT2D eigenvalue weighted by molar-refractivity contribution is 9.10. The highest BCUT2D eigenvalue weighted by Gasteiger charge is 2.10. The van der Waals surface area contributed by atoms with Gasteiger partial charge in [-0.25, -0.2) is 4.39 Å². The largest absolute Gasteiger partial charge is 0.488 e. The second-order valence-corrected chi connectivity index (χ2v) is 4.86. The van der Waals surface area contributed by atoms with Crippen LogP contribution in [0.25, 0.3) is 0 Å². The maximum atomic E-state index is 13.5. The SMILES string of the molecule is CCN(CC)CCOc1c(F)cc(Cl)cc1Br. The van der Waals surface area contributed by atoms with Crippen LogP contribution in [-0.2, 0) is 0 Å². The fourth-order valence-corrected chi connectivity index (χ4v) is 2.37. The van der Waals surface area contributed by atoms with Crippen molar-refractivity contribution in [3.8, 4) is 5.75 Å². The van der Waals surface area contributed by atoms with Crippen molar-refractivity contribution in [3.05, 3.63) is 27.4 Å². The molecule has 1 aromatic carbocycles. The van der Waals surface area contributed by atoms with Gasteiger partial charge in [0.1, 0.15) is 6.61 Å². The molecule has 0 aliphatic carbocycles. The molecule has 0 unspecified atom stereocenters. The summed E-state index contributed by atoms with van der Waals surface area (Å²) >= 11 is 8.95. The van der Waals surface area contributed by atoms with Gasteiger partial charge in [-0.2, -0.15) is 0 Å². The summed E-state index contributed by atoms with van der Waals surface area (Å²) in [4.78, 5) is 2.21. The van der Waals surface area contributed by atoms with Gasteiger partial charge in [-0.15, -0.1) is 0 Å². The van der Waals surface area contributed by atoms with Gasteiger partial charge in [0.2, 0.25) is 0 Å². The summed E-state index contributed by atoms with van der Waals surface area (Å²) in [5, 5.41) is 0.352. The van der Waals surface area contributed by atoms with E-state index in [-0.39, 0.29) is 5.75 Å². The average Bonchev–Trinajstić information content (AvgIpc) is 2.27. The molecule has 0 atom stereocenters. The van der Waals surface area contributed by atoms with Crippen molar-refractivity contribution in [1.82, 2.24) is 4.90 Å². The fraction of sp³-hybridized carbons (Fsp3) is 0.500. The van der Waals surface area contributed by atoms with Crippen molar-refractivity contribution in [2.75, 3.05) is 26.2 Å². The van der Waals surface area contributed by atoms with Crippen LogP contribution in [0.1, 0.15) is 13.8 Å². The molecule has 0 heterocycles. The average molecular weight is 325 g/mol. The highest BCUT2D eigenvalue weighted by atomic mass is 79.9. The van der Waals surface area contributed by atoms with Crippen LogP contribution in [0.5, 0.6) is 5.75 Å². The summed E-state index contributed by atoms with van der Waals surface area (Å²) in [6, 6.07) is 2.87. The maximum Gasteiger partial charge on any atom is 0.169 e. The molecule has 2 nitrogen and oxygen atoms in total. The number of hydrogen-bond acceptors (Lipinski definition) is 2. The van der Waals surface area contributed by atoms with Crippen molar-refractivity contribution >= 4 is 27.5 Å². The summed E-state index contributed by atoms with van der Waals surface area (Å²) in [7, 11) is 0. The maximum absolute atomic E-state index is 13.5. The van der Waals surface area contributed by atoms with Gasteiger partial charge < -0.3 is 9.64 Å². The van der Waals surface area contributed by atoms with Gasteiger partial charge in [0, 0.05) is 11.6 Å².